The lowest BCUT2D eigenvalue weighted by molar-refractivity contribution is -0.229. The van der Waals surface area contributed by atoms with Crippen LogP contribution in [0.1, 0.15) is 49.0 Å². The molecule has 2 N–H and O–H groups in total. The number of hydrogen-bond acceptors (Lipinski definition) is 8. The molecule has 2 saturated heterocycles. The highest BCUT2D eigenvalue weighted by molar-refractivity contribution is 5.89. The summed E-state index contributed by atoms with van der Waals surface area (Å²) < 4.78 is 24.0. The van der Waals surface area contributed by atoms with Crippen LogP contribution < -0.4 is 5.73 Å². The van der Waals surface area contributed by atoms with E-state index in [9.17, 15) is 4.79 Å². The van der Waals surface area contributed by atoms with Crippen molar-refractivity contribution in [3.8, 4) is 0 Å². The molecule has 5 atom stereocenters. The zero-order valence-corrected chi connectivity index (χ0v) is 21.4. The third kappa shape index (κ3) is 6.91. The van der Waals surface area contributed by atoms with Crippen LogP contribution in [0, 0.1) is 5.92 Å². The van der Waals surface area contributed by atoms with Gasteiger partial charge in [0.2, 0.25) is 0 Å². The van der Waals surface area contributed by atoms with Crippen LogP contribution in [0.4, 0.5) is 0 Å². The van der Waals surface area contributed by atoms with Crippen molar-refractivity contribution in [2.24, 2.45) is 11.7 Å². The quantitative estimate of drug-likeness (QED) is 0.441. The van der Waals surface area contributed by atoms with E-state index in [1.54, 1.807) is 24.3 Å². The van der Waals surface area contributed by atoms with Gasteiger partial charge in [-0.2, -0.15) is 0 Å². The van der Waals surface area contributed by atoms with Gasteiger partial charge < -0.3 is 29.5 Å². The highest BCUT2D eigenvalue weighted by atomic mass is 16.8. The molecule has 0 aromatic heterocycles. The Balaban J connectivity index is 1.49. The molecule has 2 aromatic carbocycles. The Morgan fingerprint density at radius 2 is 1.72 bits per heavy atom. The Morgan fingerprint density at radius 3 is 2.39 bits per heavy atom. The first-order valence-electron chi connectivity index (χ1n) is 12.7. The standard InChI is InChI=1S/C28H38N2O6/c1-28(2)34-24-23(33-27(32-3)25(24)35-28)17-21(13-10-16-29)19-30(18-20-11-6-4-7-12-20)36-26(31)22-14-8-5-9-15-22/h4-9,11-12,14-15,21,23-25,27H,10,13,16-19,29H2,1-3H3. The summed E-state index contributed by atoms with van der Waals surface area (Å²) in [6.45, 7) is 5.41. The highest BCUT2D eigenvalue weighted by Gasteiger charge is 2.55. The molecule has 0 aliphatic carbocycles. The molecule has 5 unspecified atom stereocenters. The molecule has 0 spiro atoms. The van der Waals surface area contributed by atoms with E-state index in [0.717, 1.165) is 18.4 Å². The number of ether oxygens (including phenoxy) is 4. The Labute approximate surface area is 213 Å². The number of hydrogen-bond donors (Lipinski definition) is 1. The summed E-state index contributed by atoms with van der Waals surface area (Å²) in [4.78, 5) is 18.8. The minimum absolute atomic E-state index is 0.148. The first-order valence-corrected chi connectivity index (χ1v) is 12.7. The minimum atomic E-state index is -0.689. The lowest BCUT2D eigenvalue weighted by atomic mass is 9.93. The maximum Gasteiger partial charge on any atom is 0.357 e. The smallest absolute Gasteiger partial charge is 0.357 e. The normalized spacial score (nSPS) is 25.6. The third-order valence-electron chi connectivity index (χ3n) is 6.61. The Kier molecular flexibility index (Phi) is 9.11. The molecule has 0 radical (unpaired) electrons. The number of fused-ring (bicyclic) bond motifs is 1. The second kappa shape index (κ2) is 12.3. The SMILES string of the molecule is COC1OC(CC(CCCN)CN(Cc2ccccc2)OC(=O)c2ccccc2)C2OC(C)(C)OC12. The van der Waals surface area contributed by atoms with Crippen LogP contribution in [-0.2, 0) is 30.3 Å². The van der Waals surface area contributed by atoms with E-state index in [1.165, 1.54) is 0 Å². The summed E-state index contributed by atoms with van der Waals surface area (Å²) in [5, 5.41) is 1.75. The van der Waals surface area contributed by atoms with Gasteiger partial charge in [0, 0.05) is 13.7 Å². The Hall–Kier alpha value is -2.33. The van der Waals surface area contributed by atoms with Crippen molar-refractivity contribution in [1.82, 2.24) is 5.06 Å². The maximum absolute atomic E-state index is 12.9. The molecule has 0 bridgehead atoms. The zero-order chi connectivity index (χ0) is 25.5. The fraction of sp³-hybridized carbons (Fsp3) is 0.536. The van der Waals surface area contributed by atoms with Gasteiger partial charge in [0.1, 0.15) is 12.2 Å². The Morgan fingerprint density at radius 1 is 1.06 bits per heavy atom. The molecule has 4 rings (SSSR count). The van der Waals surface area contributed by atoms with Crippen LogP contribution in [0.2, 0.25) is 0 Å². The Bertz CT molecular complexity index is 957. The number of nitrogens with zero attached hydrogens (tertiary/aromatic N) is 1. The second-order valence-corrected chi connectivity index (χ2v) is 9.93. The van der Waals surface area contributed by atoms with Crippen LogP contribution in [0.5, 0.6) is 0 Å². The molecule has 8 nitrogen and oxygen atoms in total. The average molecular weight is 499 g/mol. The van der Waals surface area contributed by atoms with Crippen molar-refractivity contribution >= 4 is 5.97 Å². The van der Waals surface area contributed by atoms with E-state index in [4.69, 9.17) is 29.5 Å². The van der Waals surface area contributed by atoms with Gasteiger partial charge in [-0.05, 0) is 63.3 Å². The first-order chi connectivity index (χ1) is 17.4. The summed E-state index contributed by atoms with van der Waals surface area (Å²) in [5.41, 5.74) is 7.43. The van der Waals surface area contributed by atoms with Gasteiger partial charge in [-0.25, -0.2) is 4.79 Å². The van der Waals surface area contributed by atoms with E-state index in [2.05, 4.69) is 0 Å². The van der Waals surface area contributed by atoms with E-state index in [1.807, 2.05) is 62.4 Å². The topological polar surface area (TPSA) is 92.5 Å². The second-order valence-electron chi connectivity index (χ2n) is 9.93. The zero-order valence-electron chi connectivity index (χ0n) is 21.4. The van der Waals surface area contributed by atoms with Crippen molar-refractivity contribution in [3.05, 3.63) is 71.8 Å². The fourth-order valence-electron chi connectivity index (χ4n) is 4.99. The molecule has 0 amide bonds. The van der Waals surface area contributed by atoms with Crippen LogP contribution in [0.3, 0.4) is 0 Å². The molecule has 2 heterocycles. The summed E-state index contributed by atoms with van der Waals surface area (Å²) in [7, 11) is 1.62. The monoisotopic (exact) mass is 498 g/mol. The molecular weight excluding hydrogens is 460 g/mol. The van der Waals surface area contributed by atoms with Gasteiger partial charge in [0.05, 0.1) is 18.2 Å². The van der Waals surface area contributed by atoms with Gasteiger partial charge in [0.15, 0.2) is 12.1 Å². The fourth-order valence-corrected chi connectivity index (χ4v) is 4.99. The lowest BCUT2D eigenvalue weighted by Gasteiger charge is -2.29. The number of rotatable bonds is 12. The first kappa shape index (κ1) is 26.7. The molecular formula is C28H38N2O6. The largest absolute Gasteiger partial charge is 0.364 e. The molecule has 2 fully saturated rings. The molecule has 8 heteroatoms. The average Bonchev–Trinajstić information content (AvgIpc) is 3.36. The number of benzene rings is 2. The molecule has 0 saturated carbocycles. The van der Waals surface area contributed by atoms with Crippen molar-refractivity contribution < 1.29 is 28.6 Å². The van der Waals surface area contributed by atoms with Crippen molar-refractivity contribution in [1.29, 1.82) is 0 Å². The summed E-state index contributed by atoms with van der Waals surface area (Å²) in [6, 6.07) is 19.0. The van der Waals surface area contributed by atoms with E-state index in [0.29, 0.717) is 31.6 Å². The third-order valence-corrected chi connectivity index (χ3v) is 6.61. The molecule has 2 aliphatic rings. The van der Waals surface area contributed by atoms with Gasteiger partial charge in [-0.1, -0.05) is 48.5 Å². The predicted octanol–water partition coefficient (Wildman–Crippen LogP) is 3.90. The van der Waals surface area contributed by atoms with Crippen molar-refractivity contribution in [3.63, 3.8) is 0 Å². The highest BCUT2D eigenvalue weighted by Crippen LogP contribution is 2.41. The number of carbonyl (C=O) groups excluding carboxylic acids is 1. The lowest BCUT2D eigenvalue weighted by Crippen LogP contribution is -2.36. The number of carbonyl (C=O) groups is 1. The molecule has 2 aromatic rings. The minimum Gasteiger partial charge on any atom is -0.364 e. The summed E-state index contributed by atoms with van der Waals surface area (Å²) >= 11 is 0. The van der Waals surface area contributed by atoms with Crippen LogP contribution in [0.15, 0.2) is 60.7 Å². The maximum atomic E-state index is 12.9. The van der Waals surface area contributed by atoms with Crippen LogP contribution in [0.25, 0.3) is 0 Å². The van der Waals surface area contributed by atoms with Gasteiger partial charge in [-0.15, -0.1) is 5.06 Å². The van der Waals surface area contributed by atoms with Gasteiger partial charge >= 0.3 is 5.97 Å². The number of hydroxylamine groups is 2. The summed E-state index contributed by atoms with van der Waals surface area (Å²) in [5.74, 6) is -0.921. The molecule has 196 valence electrons. The van der Waals surface area contributed by atoms with Crippen LogP contribution in [-0.4, -0.2) is 61.6 Å². The van der Waals surface area contributed by atoms with E-state index in [-0.39, 0.29) is 30.2 Å². The van der Waals surface area contributed by atoms with E-state index >= 15 is 0 Å². The van der Waals surface area contributed by atoms with E-state index < -0.39 is 12.1 Å². The molecule has 36 heavy (non-hydrogen) atoms. The van der Waals surface area contributed by atoms with Gasteiger partial charge in [-0.3, -0.25) is 0 Å². The number of nitrogens with two attached hydrogens (primary N) is 1. The van der Waals surface area contributed by atoms with Crippen molar-refractivity contribution in [2.45, 2.75) is 70.0 Å². The van der Waals surface area contributed by atoms with Crippen LogP contribution >= 0.6 is 0 Å². The predicted molar refractivity (Wildman–Crippen MR) is 135 cm³/mol. The van der Waals surface area contributed by atoms with Crippen molar-refractivity contribution in [2.75, 3.05) is 20.2 Å². The summed E-state index contributed by atoms with van der Waals surface area (Å²) in [6.07, 6.45) is 1.24. The van der Waals surface area contributed by atoms with Gasteiger partial charge in [0.25, 0.3) is 0 Å². The number of methoxy groups -OCH3 is 1. The molecule has 2 aliphatic heterocycles.